The molecule has 156 valence electrons. The van der Waals surface area contributed by atoms with Gasteiger partial charge in [-0.3, -0.25) is 15.1 Å². The van der Waals surface area contributed by atoms with Gasteiger partial charge in [-0.15, -0.1) is 11.3 Å². The lowest BCUT2D eigenvalue weighted by Gasteiger charge is -2.11. The molecule has 0 radical (unpaired) electrons. The highest BCUT2D eigenvalue weighted by Crippen LogP contribution is 2.38. The number of anilines is 1. The molecule has 0 spiro atoms. The standard InChI is InChI=1S/C18H15F3N6O2S/c1-2-23-17(29)27-14-6-10(16-26-13(8-30-16)18(19,20)21)11(7-25-14)9-3-4-24-12(5-9)15(22)28/h3-8H,2H2,1H3,(H2,22,28)(H2,23,25,27,29). The number of alkyl halides is 3. The minimum Gasteiger partial charge on any atom is -0.364 e. The summed E-state index contributed by atoms with van der Waals surface area (Å²) in [5.74, 6) is -0.637. The van der Waals surface area contributed by atoms with Crippen LogP contribution in [0.2, 0.25) is 0 Å². The minimum atomic E-state index is -4.60. The van der Waals surface area contributed by atoms with Gasteiger partial charge in [0.05, 0.1) is 0 Å². The molecule has 3 heterocycles. The van der Waals surface area contributed by atoms with Gasteiger partial charge in [-0.1, -0.05) is 0 Å². The lowest BCUT2D eigenvalue weighted by atomic mass is 10.0. The third-order valence-electron chi connectivity index (χ3n) is 3.83. The number of amides is 3. The summed E-state index contributed by atoms with van der Waals surface area (Å²) in [4.78, 5) is 34.9. The Balaban J connectivity index is 2.12. The quantitative estimate of drug-likeness (QED) is 0.565. The van der Waals surface area contributed by atoms with Crippen molar-refractivity contribution in [1.82, 2.24) is 20.3 Å². The van der Waals surface area contributed by atoms with Crippen LogP contribution in [0.5, 0.6) is 0 Å². The third-order valence-corrected chi connectivity index (χ3v) is 4.71. The highest BCUT2D eigenvalue weighted by atomic mass is 32.1. The fourth-order valence-electron chi connectivity index (χ4n) is 2.51. The maximum atomic E-state index is 13.0. The minimum absolute atomic E-state index is 0.0157. The lowest BCUT2D eigenvalue weighted by Crippen LogP contribution is -2.28. The average molecular weight is 436 g/mol. The van der Waals surface area contributed by atoms with E-state index in [0.717, 1.165) is 16.7 Å². The Morgan fingerprint density at radius 3 is 2.60 bits per heavy atom. The van der Waals surface area contributed by atoms with E-state index >= 15 is 0 Å². The van der Waals surface area contributed by atoms with Crippen molar-refractivity contribution in [3.63, 3.8) is 0 Å². The first-order valence-electron chi connectivity index (χ1n) is 8.53. The third kappa shape index (κ3) is 4.71. The molecule has 0 atom stereocenters. The summed E-state index contributed by atoms with van der Waals surface area (Å²) in [5, 5.41) is 6.00. The molecule has 0 saturated heterocycles. The van der Waals surface area contributed by atoms with E-state index in [1.54, 1.807) is 13.0 Å². The van der Waals surface area contributed by atoms with Crippen molar-refractivity contribution < 1.29 is 22.8 Å². The molecule has 4 N–H and O–H groups in total. The summed E-state index contributed by atoms with van der Waals surface area (Å²) in [7, 11) is 0. The van der Waals surface area contributed by atoms with E-state index in [1.165, 1.54) is 24.5 Å². The molecule has 0 aliphatic heterocycles. The number of aromatic nitrogens is 3. The average Bonchev–Trinajstić information content (AvgIpc) is 3.19. The van der Waals surface area contributed by atoms with Crippen LogP contribution in [0.3, 0.4) is 0 Å². The number of hydrogen-bond donors (Lipinski definition) is 3. The molecule has 3 aromatic rings. The normalized spacial score (nSPS) is 11.2. The molecule has 30 heavy (non-hydrogen) atoms. The highest BCUT2D eigenvalue weighted by molar-refractivity contribution is 7.13. The Hall–Kier alpha value is -3.54. The molecule has 12 heteroatoms. The van der Waals surface area contributed by atoms with Crippen LogP contribution in [0.25, 0.3) is 21.7 Å². The SMILES string of the molecule is CCNC(=O)Nc1cc(-c2nc(C(F)(F)F)cs2)c(-c2ccnc(C(N)=O)c2)cn1. The summed E-state index contributed by atoms with van der Waals surface area (Å²) in [6.45, 7) is 2.11. The van der Waals surface area contributed by atoms with Crippen LogP contribution >= 0.6 is 11.3 Å². The number of rotatable bonds is 5. The van der Waals surface area contributed by atoms with Crippen molar-refractivity contribution in [3.05, 3.63) is 47.4 Å². The maximum Gasteiger partial charge on any atom is 0.434 e. The zero-order valence-corrected chi connectivity index (χ0v) is 16.3. The van der Waals surface area contributed by atoms with Gasteiger partial charge in [-0.05, 0) is 30.7 Å². The zero-order chi connectivity index (χ0) is 21.9. The van der Waals surface area contributed by atoms with Crippen molar-refractivity contribution in [2.45, 2.75) is 13.1 Å². The molecule has 0 saturated carbocycles. The Labute approximate surface area is 172 Å². The molecule has 3 rings (SSSR count). The summed E-state index contributed by atoms with van der Waals surface area (Å²) >= 11 is 0.792. The highest BCUT2D eigenvalue weighted by Gasteiger charge is 2.34. The van der Waals surface area contributed by atoms with Crippen LogP contribution < -0.4 is 16.4 Å². The molecule has 0 aliphatic carbocycles. The van der Waals surface area contributed by atoms with Crippen LogP contribution in [0.15, 0.2) is 36.0 Å². The van der Waals surface area contributed by atoms with Crippen molar-refractivity contribution >= 4 is 29.1 Å². The fraction of sp³-hybridized carbons (Fsp3) is 0.167. The summed E-state index contributed by atoms with van der Waals surface area (Å²) in [6, 6.07) is 3.85. The maximum absolute atomic E-state index is 13.0. The van der Waals surface area contributed by atoms with E-state index in [9.17, 15) is 22.8 Å². The molecule has 3 amide bonds. The largest absolute Gasteiger partial charge is 0.434 e. The van der Waals surface area contributed by atoms with Crippen molar-refractivity contribution in [2.24, 2.45) is 5.73 Å². The van der Waals surface area contributed by atoms with E-state index in [2.05, 4.69) is 25.6 Å². The number of pyridine rings is 2. The summed E-state index contributed by atoms with van der Waals surface area (Å²) < 4.78 is 39.1. The number of carbonyl (C=O) groups is 2. The number of nitrogens with two attached hydrogens (primary N) is 1. The number of urea groups is 1. The van der Waals surface area contributed by atoms with Crippen molar-refractivity contribution in [3.8, 4) is 21.7 Å². The predicted octanol–water partition coefficient (Wildman–Crippen LogP) is 3.53. The van der Waals surface area contributed by atoms with Gasteiger partial charge in [0.15, 0.2) is 5.69 Å². The van der Waals surface area contributed by atoms with Gasteiger partial charge in [0.25, 0.3) is 5.91 Å². The second-order valence-electron chi connectivity index (χ2n) is 5.93. The van der Waals surface area contributed by atoms with Crippen LogP contribution in [0, 0.1) is 0 Å². The van der Waals surface area contributed by atoms with Crippen LogP contribution in [0.1, 0.15) is 23.1 Å². The van der Waals surface area contributed by atoms with E-state index in [0.29, 0.717) is 23.2 Å². The van der Waals surface area contributed by atoms with Gasteiger partial charge in [0, 0.05) is 35.4 Å². The number of nitrogens with zero attached hydrogens (tertiary/aromatic N) is 3. The van der Waals surface area contributed by atoms with Crippen LogP contribution in [-0.4, -0.2) is 33.4 Å². The number of thiazole rings is 1. The lowest BCUT2D eigenvalue weighted by molar-refractivity contribution is -0.140. The Morgan fingerprint density at radius 1 is 1.20 bits per heavy atom. The summed E-state index contributed by atoms with van der Waals surface area (Å²) in [6.07, 6.45) is -1.88. The van der Waals surface area contributed by atoms with Gasteiger partial charge < -0.3 is 11.1 Å². The summed E-state index contributed by atoms with van der Waals surface area (Å²) in [5.41, 5.74) is 5.35. The molecule has 3 aromatic heterocycles. The molecule has 0 fully saturated rings. The van der Waals surface area contributed by atoms with Gasteiger partial charge in [-0.2, -0.15) is 13.2 Å². The monoisotopic (exact) mass is 436 g/mol. The Bertz CT molecular complexity index is 1100. The van der Waals surface area contributed by atoms with Crippen LogP contribution in [0.4, 0.5) is 23.8 Å². The van der Waals surface area contributed by atoms with Crippen molar-refractivity contribution in [2.75, 3.05) is 11.9 Å². The first kappa shape index (κ1) is 21.2. The van der Waals surface area contributed by atoms with E-state index in [-0.39, 0.29) is 16.5 Å². The molecular weight excluding hydrogens is 421 g/mol. The molecule has 0 aliphatic rings. The molecule has 0 bridgehead atoms. The Morgan fingerprint density at radius 2 is 1.97 bits per heavy atom. The predicted molar refractivity (Wildman–Crippen MR) is 105 cm³/mol. The molecule has 8 nitrogen and oxygen atoms in total. The van der Waals surface area contributed by atoms with E-state index in [1.807, 2.05) is 0 Å². The number of primary amides is 1. The smallest absolute Gasteiger partial charge is 0.364 e. The van der Waals surface area contributed by atoms with Crippen molar-refractivity contribution in [1.29, 1.82) is 0 Å². The first-order chi connectivity index (χ1) is 14.2. The van der Waals surface area contributed by atoms with Gasteiger partial charge in [0.1, 0.15) is 16.5 Å². The van der Waals surface area contributed by atoms with Crippen LogP contribution in [-0.2, 0) is 6.18 Å². The Kier molecular flexibility index (Phi) is 5.96. The number of hydrogen-bond acceptors (Lipinski definition) is 6. The number of nitrogens with one attached hydrogen (secondary N) is 2. The number of carbonyl (C=O) groups excluding carboxylic acids is 2. The second kappa shape index (κ2) is 8.45. The van der Waals surface area contributed by atoms with E-state index in [4.69, 9.17) is 5.73 Å². The van der Waals surface area contributed by atoms with E-state index < -0.39 is 23.8 Å². The topological polar surface area (TPSA) is 123 Å². The first-order valence-corrected chi connectivity index (χ1v) is 9.41. The van der Waals surface area contributed by atoms with Gasteiger partial charge in [-0.25, -0.2) is 14.8 Å². The molecule has 0 aromatic carbocycles. The molecular formula is C18H15F3N6O2S. The second-order valence-corrected chi connectivity index (χ2v) is 6.79. The fourth-order valence-corrected chi connectivity index (χ4v) is 3.37. The van der Waals surface area contributed by atoms with Gasteiger partial charge in [0.2, 0.25) is 0 Å². The zero-order valence-electron chi connectivity index (χ0n) is 15.4. The molecule has 0 unspecified atom stereocenters. The van der Waals surface area contributed by atoms with Gasteiger partial charge >= 0.3 is 12.2 Å². The number of halogens is 3.